The van der Waals surface area contributed by atoms with Crippen molar-refractivity contribution >= 4 is 27.5 Å². The first-order chi connectivity index (χ1) is 15.1. The first-order valence-electron chi connectivity index (χ1n) is 9.61. The van der Waals surface area contributed by atoms with Crippen LogP contribution < -0.4 is 14.6 Å². The lowest BCUT2D eigenvalue weighted by Crippen LogP contribution is -2.31. The van der Waals surface area contributed by atoms with E-state index in [1.54, 1.807) is 12.1 Å². The molecule has 7 nitrogen and oxygen atoms in total. The molecular weight excluding hydrogens is 460 g/mol. The number of aromatic nitrogens is 1. The Balaban J connectivity index is 1.76. The molecule has 0 fully saturated rings. The quantitative estimate of drug-likeness (QED) is 0.488. The third kappa shape index (κ3) is 6.81. The van der Waals surface area contributed by atoms with Gasteiger partial charge in [-0.25, -0.2) is 13.8 Å². The molecule has 0 aliphatic carbocycles. The molecule has 0 saturated heterocycles. The van der Waals surface area contributed by atoms with Crippen molar-refractivity contribution in [3.05, 3.63) is 81.3 Å². The van der Waals surface area contributed by atoms with Crippen molar-refractivity contribution in [1.29, 1.82) is 0 Å². The van der Waals surface area contributed by atoms with Gasteiger partial charge in [0.05, 0.1) is 18.2 Å². The Morgan fingerprint density at radius 1 is 1.16 bits per heavy atom. The summed E-state index contributed by atoms with van der Waals surface area (Å²) in [4.78, 5) is 17.2. The summed E-state index contributed by atoms with van der Waals surface area (Å²) in [6.07, 6.45) is 0.988. The number of nitrogens with two attached hydrogens (primary N) is 1. The van der Waals surface area contributed by atoms with E-state index in [1.165, 1.54) is 29.5 Å². The molecule has 1 unspecified atom stereocenters. The minimum absolute atomic E-state index is 0.0673. The molecule has 11 heteroatoms. The van der Waals surface area contributed by atoms with Gasteiger partial charge in [-0.3, -0.25) is 4.79 Å². The van der Waals surface area contributed by atoms with E-state index >= 15 is 0 Å². The van der Waals surface area contributed by atoms with Crippen molar-refractivity contribution in [3.63, 3.8) is 0 Å². The van der Waals surface area contributed by atoms with Crippen molar-refractivity contribution in [3.8, 4) is 5.75 Å². The fourth-order valence-electron chi connectivity index (χ4n) is 2.98. The van der Waals surface area contributed by atoms with Gasteiger partial charge in [-0.1, -0.05) is 25.1 Å². The zero-order valence-corrected chi connectivity index (χ0v) is 18.7. The van der Waals surface area contributed by atoms with Crippen molar-refractivity contribution < 1.29 is 26.2 Å². The first kappa shape index (κ1) is 23.8. The second-order valence-electron chi connectivity index (χ2n) is 7.00. The second kappa shape index (κ2) is 10.2. The van der Waals surface area contributed by atoms with Crippen LogP contribution in [0.5, 0.6) is 5.75 Å². The van der Waals surface area contributed by atoms with Gasteiger partial charge in [0.1, 0.15) is 10.8 Å². The predicted molar refractivity (Wildman–Crippen MR) is 116 cm³/mol. The molecule has 3 N–H and O–H groups in total. The molecule has 32 heavy (non-hydrogen) atoms. The van der Waals surface area contributed by atoms with Gasteiger partial charge in [0.25, 0.3) is 0 Å². The summed E-state index contributed by atoms with van der Waals surface area (Å²) >= 11 is 1.41. The number of halogens is 2. The van der Waals surface area contributed by atoms with E-state index in [2.05, 4.69) is 14.5 Å². The third-order valence-corrected chi connectivity index (χ3v) is 5.92. The third-order valence-electron chi connectivity index (χ3n) is 4.49. The van der Waals surface area contributed by atoms with Crippen molar-refractivity contribution in [2.75, 3.05) is 0 Å². The van der Waals surface area contributed by atoms with E-state index in [-0.39, 0.29) is 18.1 Å². The fraction of sp³-hybridized carbons (Fsp3) is 0.238. The van der Waals surface area contributed by atoms with E-state index < -0.39 is 28.0 Å². The minimum atomic E-state index is -4.12. The number of benzene rings is 2. The Hall–Kier alpha value is -2.89. The standard InChI is InChI=1S/C21H21F2N3O4S2/c1-2-15-12-31-21(25-15)19(10-13-3-6-16(7-4-13)30-32(24,28)29)26-20(27)11-14-5-8-17(22)18(23)9-14/h3-9,12,19H,2,10-11H2,1H3,(H,26,27)(H2,24,28,29). The zero-order valence-electron chi connectivity index (χ0n) is 17.0. The van der Waals surface area contributed by atoms with Gasteiger partial charge in [0, 0.05) is 5.38 Å². The maximum atomic E-state index is 13.5. The van der Waals surface area contributed by atoms with Crippen LogP contribution in [0.15, 0.2) is 47.8 Å². The van der Waals surface area contributed by atoms with Crippen LogP contribution in [-0.4, -0.2) is 19.3 Å². The Labute approximate surface area is 188 Å². The van der Waals surface area contributed by atoms with Crippen molar-refractivity contribution in [2.45, 2.75) is 32.2 Å². The Kier molecular flexibility index (Phi) is 7.54. The molecule has 1 aromatic heterocycles. The highest BCUT2D eigenvalue weighted by Crippen LogP contribution is 2.24. The smallest absolute Gasteiger partial charge is 0.371 e. The molecule has 1 heterocycles. The number of amides is 1. The number of aryl methyl sites for hydroxylation is 1. The summed E-state index contributed by atoms with van der Waals surface area (Å²) < 4.78 is 53.3. The summed E-state index contributed by atoms with van der Waals surface area (Å²) in [7, 11) is -4.12. The highest BCUT2D eigenvalue weighted by molar-refractivity contribution is 7.84. The zero-order chi connectivity index (χ0) is 23.3. The lowest BCUT2D eigenvalue weighted by molar-refractivity contribution is -0.121. The molecule has 3 rings (SSSR count). The summed E-state index contributed by atoms with van der Waals surface area (Å²) in [5.74, 6) is -2.29. The molecule has 0 radical (unpaired) electrons. The van der Waals surface area contributed by atoms with Gasteiger partial charge in [-0.2, -0.15) is 13.6 Å². The van der Waals surface area contributed by atoms with E-state index in [9.17, 15) is 22.0 Å². The maximum absolute atomic E-state index is 13.5. The SMILES string of the molecule is CCc1csc(C(Cc2ccc(OS(N)(=O)=O)cc2)NC(=O)Cc2ccc(F)c(F)c2)n1. The van der Waals surface area contributed by atoms with Gasteiger partial charge >= 0.3 is 10.3 Å². The molecule has 0 saturated carbocycles. The van der Waals surface area contributed by atoms with Crippen LogP contribution in [0.4, 0.5) is 8.78 Å². The number of hydrogen-bond donors (Lipinski definition) is 2. The molecule has 2 aromatic carbocycles. The topological polar surface area (TPSA) is 111 Å². The molecule has 170 valence electrons. The fourth-order valence-corrected chi connectivity index (χ4v) is 4.31. The number of nitrogens with one attached hydrogen (secondary N) is 1. The van der Waals surface area contributed by atoms with Crippen LogP contribution in [0.1, 0.15) is 34.8 Å². The van der Waals surface area contributed by atoms with Gasteiger partial charge in [0.2, 0.25) is 5.91 Å². The van der Waals surface area contributed by atoms with Gasteiger partial charge in [0.15, 0.2) is 11.6 Å². The number of hydrogen-bond acceptors (Lipinski definition) is 6. The van der Waals surface area contributed by atoms with E-state index in [4.69, 9.17) is 5.14 Å². The second-order valence-corrected chi connectivity index (χ2v) is 9.04. The van der Waals surface area contributed by atoms with Gasteiger partial charge in [-0.15, -0.1) is 11.3 Å². The number of carbonyl (C=O) groups is 1. The van der Waals surface area contributed by atoms with Crippen LogP contribution in [0.2, 0.25) is 0 Å². The summed E-state index contributed by atoms with van der Waals surface area (Å²) in [6, 6.07) is 9.09. The minimum Gasteiger partial charge on any atom is -0.371 e. The molecule has 0 aliphatic heterocycles. The maximum Gasteiger partial charge on any atom is 0.380 e. The highest BCUT2D eigenvalue weighted by Gasteiger charge is 2.20. The summed E-state index contributed by atoms with van der Waals surface area (Å²) in [6.45, 7) is 1.97. The number of thiazole rings is 1. The van der Waals surface area contributed by atoms with E-state index in [1.807, 2.05) is 12.3 Å². The van der Waals surface area contributed by atoms with Gasteiger partial charge in [-0.05, 0) is 48.2 Å². The number of rotatable bonds is 9. The average Bonchev–Trinajstić information content (AvgIpc) is 3.20. The Morgan fingerprint density at radius 2 is 1.84 bits per heavy atom. The van der Waals surface area contributed by atoms with Crippen LogP contribution in [0, 0.1) is 11.6 Å². The first-order valence-corrected chi connectivity index (χ1v) is 12.0. The molecular formula is C21H21F2N3O4S2. The van der Waals surface area contributed by atoms with Crippen LogP contribution in [-0.2, 0) is 34.4 Å². The Morgan fingerprint density at radius 3 is 2.44 bits per heavy atom. The molecule has 0 bridgehead atoms. The summed E-state index contributed by atoms with van der Waals surface area (Å²) in [5, 5.41) is 10.4. The van der Waals surface area contributed by atoms with Gasteiger partial charge < -0.3 is 9.50 Å². The normalized spacial score (nSPS) is 12.4. The Bertz CT molecular complexity index is 1200. The highest BCUT2D eigenvalue weighted by atomic mass is 32.2. The largest absolute Gasteiger partial charge is 0.380 e. The van der Waals surface area contributed by atoms with Crippen LogP contribution >= 0.6 is 11.3 Å². The molecule has 0 aliphatic rings. The van der Waals surface area contributed by atoms with Crippen LogP contribution in [0.3, 0.4) is 0 Å². The van der Waals surface area contributed by atoms with Crippen molar-refractivity contribution in [2.24, 2.45) is 5.14 Å². The molecule has 0 spiro atoms. The van der Waals surface area contributed by atoms with E-state index in [0.717, 1.165) is 29.8 Å². The van der Waals surface area contributed by atoms with E-state index in [0.29, 0.717) is 17.0 Å². The predicted octanol–water partition coefficient (Wildman–Crippen LogP) is 3.21. The molecule has 1 amide bonds. The van der Waals surface area contributed by atoms with Crippen LogP contribution in [0.25, 0.3) is 0 Å². The lowest BCUT2D eigenvalue weighted by Gasteiger charge is -2.17. The summed E-state index contributed by atoms with van der Waals surface area (Å²) in [5.41, 5.74) is 2.03. The van der Waals surface area contributed by atoms with Crippen molar-refractivity contribution in [1.82, 2.24) is 10.3 Å². The number of nitrogens with zero attached hydrogens (tertiary/aromatic N) is 1. The monoisotopic (exact) mass is 481 g/mol. The number of carbonyl (C=O) groups excluding carboxylic acids is 1. The molecule has 1 atom stereocenters. The average molecular weight is 482 g/mol. The lowest BCUT2D eigenvalue weighted by atomic mass is 10.1. The molecule has 3 aromatic rings.